The van der Waals surface area contributed by atoms with E-state index in [1.54, 1.807) is 13.1 Å². The number of benzene rings is 2. The van der Waals surface area contributed by atoms with E-state index in [4.69, 9.17) is 9.94 Å². The van der Waals surface area contributed by atoms with Crippen LogP contribution in [0.5, 0.6) is 0 Å². The topological polar surface area (TPSA) is 47.4 Å². The summed E-state index contributed by atoms with van der Waals surface area (Å²) in [6.45, 7) is 0.667. The molecule has 0 fully saturated rings. The highest BCUT2D eigenvalue weighted by Crippen LogP contribution is 2.23. The highest BCUT2D eigenvalue weighted by atomic mass is 16.7. The molecule has 5 nitrogen and oxygen atoms in total. The molecule has 2 aromatic carbocycles. The quantitative estimate of drug-likeness (QED) is 0.505. The first-order chi connectivity index (χ1) is 12.7. The zero-order chi connectivity index (χ0) is 18.4. The maximum atomic E-state index is 12.0. The number of rotatable bonds is 6. The zero-order valence-electron chi connectivity index (χ0n) is 14.9. The molecular formula is C21H21N3O2. The lowest BCUT2D eigenvalue weighted by atomic mass is 10.1. The summed E-state index contributed by atoms with van der Waals surface area (Å²) in [5, 5.41) is 5.90. The van der Waals surface area contributed by atoms with Gasteiger partial charge in [0, 0.05) is 30.4 Å². The Labute approximate surface area is 153 Å². The molecule has 132 valence electrons. The largest absolute Gasteiger partial charge is 0.274 e. The van der Waals surface area contributed by atoms with Crippen LogP contribution in [-0.4, -0.2) is 34.9 Å². The molecule has 0 N–H and O–H groups in total. The molecule has 0 aliphatic heterocycles. The normalized spacial score (nSPS) is 11.0. The van der Waals surface area contributed by atoms with E-state index < -0.39 is 0 Å². The van der Waals surface area contributed by atoms with Gasteiger partial charge in [-0.2, -0.15) is 5.10 Å². The number of hydroxylamine groups is 2. The summed E-state index contributed by atoms with van der Waals surface area (Å²) >= 11 is 0. The fourth-order valence-electron chi connectivity index (χ4n) is 2.59. The highest BCUT2D eigenvalue weighted by molar-refractivity contribution is 5.92. The first-order valence-corrected chi connectivity index (χ1v) is 8.34. The third-order valence-corrected chi connectivity index (χ3v) is 4.01. The minimum absolute atomic E-state index is 0.234. The van der Waals surface area contributed by atoms with E-state index in [1.165, 1.54) is 23.8 Å². The van der Waals surface area contributed by atoms with Crippen molar-refractivity contribution in [1.29, 1.82) is 0 Å². The second kappa shape index (κ2) is 8.27. The van der Waals surface area contributed by atoms with Gasteiger partial charge in [-0.3, -0.25) is 14.3 Å². The van der Waals surface area contributed by atoms with Crippen LogP contribution in [0.2, 0.25) is 0 Å². The average Bonchev–Trinajstić information content (AvgIpc) is 3.09. The van der Waals surface area contributed by atoms with Gasteiger partial charge in [-0.25, -0.2) is 5.06 Å². The number of likely N-dealkylation sites (N-methyl/N-ethyl adjacent to an activating group) is 1. The predicted octanol–water partition coefficient (Wildman–Crippen LogP) is 3.63. The first kappa shape index (κ1) is 17.6. The third kappa shape index (κ3) is 4.26. The van der Waals surface area contributed by atoms with E-state index in [0.717, 1.165) is 16.8 Å². The van der Waals surface area contributed by atoms with E-state index >= 15 is 0 Å². The summed E-state index contributed by atoms with van der Waals surface area (Å²) < 4.78 is 1.89. The van der Waals surface area contributed by atoms with Crippen molar-refractivity contribution in [2.24, 2.45) is 0 Å². The van der Waals surface area contributed by atoms with Gasteiger partial charge >= 0.3 is 0 Å². The summed E-state index contributed by atoms with van der Waals surface area (Å²) in [5.41, 5.74) is 3.89. The number of hydrogen-bond acceptors (Lipinski definition) is 3. The molecule has 0 bridgehead atoms. The number of carbonyl (C=O) groups is 1. The van der Waals surface area contributed by atoms with Crippen LogP contribution in [-0.2, 0) is 16.2 Å². The van der Waals surface area contributed by atoms with Gasteiger partial charge in [0.2, 0.25) is 0 Å². The van der Waals surface area contributed by atoms with Crippen molar-refractivity contribution in [3.05, 3.63) is 84.1 Å². The number of nitrogens with zero attached hydrogens (tertiary/aromatic N) is 3. The first-order valence-electron chi connectivity index (χ1n) is 8.34. The molecule has 3 aromatic rings. The minimum atomic E-state index is -0.234. The van der Waals surface area contributed by atoms with Gasteiger partial charge in [0.1, 0.15) is 0 Å². The van der Waals surface area contributed by atoms with Crippen LogP contribution in [0.15, 0.2) is 72.9 Å². The fourth-order valence-corrected chi connectivity index (χ4v) is 2.59. The van der Waals surface area contributed by atoms with Gasteiger partial charge in [-0.05, 0) is 11.6 Å². The smallest absolute Gasteiger partial charge is 0.269 e. The second-order valence-corrected chi connectivity index (χ2v) is 5.83. The lowest BCUT2D eigenvalue weighted by molar-refractivity contribution is -0.162. The summed E-state index contributed by atoms with van der Waals surface area (Å²) in [5.74, 6) is -0.234. The summed E-state index contributed by atoms with van der Waals surface area (Å²) in [7, 11) is 3.03. The Kier molecular flexibility index (Phi) is 5.61. The molecule has 0 unspecified atom stereocenters. The number of amides is 1. The Morgan fingerprint density at radius 2 is 1.77 bits per heavy atom. The molecule has 0 atom stereocenters. The van der Waals surface area contributed by atoms with E-state index in [9.17, 15) is 4.79 Å². The molecule has 1 aromatic heterocycles. The van der Waals surface area contributed by atoms with Crippen molar-refractivity contribution in [3.8, 4) is 11.3 Å². The Morgan fingerprint density at radius 3 is 2.42 bits per heavy atom. The Morgan fingerprint density at radius 1 is 1.12 bits per heavy atom. The molecule has 1 heterocycles. The van der Waals surface area contributed by atoms with Gasteiger partial charge < -0.3 is 0 Å². The molecule has 5 heteroatoms. The zero-order valence-corrected chi connectivity index (χ0v) is 14.9. The van der Waals surface area contributed by atoms with Gasteiger partial charge in [-0.1, -0.05) is 60.7 Å². The van der Waals surface area contributed by atoms with Gasteiger partial charge in [0.15, 0.2) is 0 Å². The maximum Gasteiger partial charge on any atom is 0.269 e. The molecule has 0 aliphatic carbocycles. The van der Waals surface area contributed by atoms with Crippen LogP contribution in [0, 0.1) is 0 Å². The lowest BCUT2D eigenvalue weighted by Crippen LogP contribution is -2.22. The van der Waals surface area contributed by atoms with E-state index in [-0.39, 0.29) is 5.91 Å². The SMILES string of the molecule is CON(C)C(=O)/C=C/c1cn(Cc2ccccc2)nc1-c1ccccc1. The van der Waals surface area contributed by atoms with Crippen LogP contribution >= 0.6 is 0 Å². The molecule has 3 rings (SSSR count). The van der Waals surface area contributed by atoms with Crippen LogP contribution in [0.1, 0.15) is 11.1 Å². The van der Waals surface area contributed by atoms with Gasteiger partial charge in [-0.15, -0.1) is 0 Å². The van der Waals surface area contributed by atoms with Gasteiger partial charge in [0.05, 0.1) is 19.3 Å². The van der Waals surface area contributed by atoms with E-state index in [2.05, 4.69) is 12.1 Å². The standard InChI is InChI=1S/C21H21N3O2/c1-23(26-2)20(25)14-13-19-16-24(15-17-9-5-3-6-10-17)22-21(19)18-11-7-4-8-12-18/h3-14,16H,15H2,1-2H3/b14-13+. The fraction of sp³-hybridized carbons (Fsp3) is 0.143. The van der Waals surface area contributed by atoms with Crippen molar-refractivity contribution >= 4 is 12.0 Å². The van der Waals surface area contributed by atoms with Crippen molar-refractivity contribution < 1.29 is 9.63 Å². The van der Waals surface area contributed by atoms with Crippen LogP contribution in [0.4, 0.5) is 0 Å². The van der Waals surface area contributed by atoms with Crippen molar-refractivity contribution in [2.45, 2.75) is 6.54 Å². The van der Waals surface area contributed by atoms with Crippen LogP contribution < -0.4 is 0 Å². The van der Waals surface area contributed by atoms with Crippen molar-refractivity contribution in [2.75, 3.05) is 14.2 Å². The highest BCUT2D eigenvalue weighted by Gasteiger charge is 2.11. The summed E-state index contributed by atoms with van der Waals surface area (Å²) in [6, 6.07) is 20.1. The Hall–Kier alpha value is -3.18. The van der Waals surface area contributed by atoms with E-state index in [0.29, 0.717) is 6.54 Å². The molecule has 0 saturated heterocycles. The molecule has 26 heavy (non-hydrogen) atoms. The molecule has 0 spiro atoms. The summed E-state index contributed by atoms with van der Waals surface area (Å²) in [4.78, 5) is 16.9. The third-order valence-electron chi connectivity index (χ3n) is 4.01. The van der Waals surface area contributed by atoms with Crippen LogP contribution in [0.3, 0.4) is 0 Å². The second-order valence-electron chi connectivity index (χ2n) is 5.83. The molecule has 0 aliphatic rings. The van der Waals surface area contributed by atoms with Crippen molar-refractivity contribution in [1.82, 2.24) is 14.8 Å². The maximum absolute atomic E-state index is 12.0. The average molecular weight is 347 g/mol. The molecule has 0 saturated carbocycles. The molecule has 1 amide bonds. The summed E-state index contributed by atoms with van der Waals surface area (Å²) in [6.07, 6.45) is 5.21. The minimum Gasteiger partial charge on any atom is -0.274 e. The lowest BCUT2D eigenvalue weighted by Gasteiger charge is -2.09. The number of carbonyl (C=O) groups excluding carboxylic acids is 1. The molecular weight excluding hydrogens is 326 g/mol. The predicted molar refractivity (Wildman–Crippen MR) is 102 cm³/mol. The van der Waals surface area contributed by atoms with E-state index in [1.807, 2.05) is 59.4 Å². The number of hydrogen-bond donors (Lipinski definition) is 0. The van der Waals surface area contributed by atoms with Gasteiger partial charge in [0.25, 0.3) is 5.91 Å². The van der Waals surface area contributed by atoms with Crippen molar-refractivity contribution in [3.63, 3.8) is 0 Å². The monoisotopic (exact) mass is 347 g/mol. The Balaban J connectivity index is 1.93. The Bertz CT molecular complexity index is 886. The van der Waals surface area contributed by atoms with Crippen LogP contribution in [0.25, 0.3) is 17.3 Å². The molecule has 0 radical (unpaired) electrons. The number of aromatic nitrogens is 2.